The van der Waals surface area contributed by atoms with Crippen LogP contribution in [0.15, 0.2) is 0 Å². The first-order chi connectivity index (χ1) is 7.88. The van der Waals surface area contributed by atoms with Gasteiger partial charge in [0.2, 0.25) is 0 Å². The standard InChI is InChI=1S/C13H27N3/c1-2-14-8-10-16-9-6-12(11-16)5-7-15-13-3-4-13/h12-15H,2-11H2,1H3. The van der Waals surface area contributed by atoms with Crippen LogP contribution in [-0.2, 0) is 0 Å². The van der Waals surface area contributed by atoms with Crippen LogP contribution in [0.5, 0.6) is 0 Å². The molecule has 2 N–H and O–H groups in total. The SMILES string of the molecule is CCNCCN1CCC(CCNC2CC2)C1. The lowest BCUT2D eigenvalue weighted by atomic mass is 10.1. The minimum Gasteiger partial charge on any atom is -0.316 e. The van der Waals surface area contributed by atoms with Crippen molar-refractivity contribution in [2.75, 3.05) is 39.3 Å². The molecule has 3 nitrogen and oxygen atoms in total. The van der Waals surface area contributed by atoms with Gasteiger partial charge in [0.05, 0.1) is 0 Å². The number of hydrogen-bond donors (Lipinski definition) is 2. The zero-order valence-electron chi connectivity index (χ0n) is 10.7. The largest absolute Gasteiger partial charge is 0.316 e. The van der Waals surface area contributed by atoms with Gasteiger partial charge in [0.1, 0.15) is 0 Å². The van der Waals surface area contributed by atoms with Crippen molar-refractivity contribution in [2.24, 2.45) is 5.92 Å². The molecule has 1 unspecified atom stereocenters. The maximum Gasteiger partial charge on any atom is 0.0107 e. The predicted molar refractivity (Wildman–Crippen MR) is 68.7 cm³/mol. The highest BCUT2D eigenvalue weighted by Crippen LogP contribution is 2.21. The summed E-state index contributed by atoms with van der Waals surface area (Å²) in [5, 5.41) is 7.02. The van der Waals surface area contributed by atoms with Crippen LogP contribution in [0, 0.1) is 5.92 Å². The molecule has 2 fully saturated rings. The summed E-state index contributed by atoms with van der Waals surface area (Å²) in [6, 6.07) is 0.881. The van der Waals surface area contributed by atoms with Crippen LogP contribution in [0.25, 0.3) is 0 Å². The number of nitrogens with one attached hydrogen (secondary N) is 2. The van der Waals surface area contributed by atoms with Gasteiger partial charge in [0.15, 0.2) is 0 Å². The number of rotatable bonds is 8. The minimum absolute atomic E-state index is 0.881. The lowest BCUT2D eigenvalue weighted by Gasteiger charge is -2.16. The Balaban J connectivity index is 1.49. The Morgan fingerprint density at radius 1 is 1.19 bits per heavy atom. The van der Waals surface area contributed by atoms with Crippen molar-refractivity contribution in [2.45, 2.75) is 38.6 Å². The second kappa shape index (κ2) is 6.58. The van der Waals surface area contributed by atoms with Gasteiger partial charge in [0.25, 0.3) is 0 Å². The first-order valence-electron chi connectivity index (χ1n) is 7.05. The summed E-state index contributed by atoms with van der Waals surface area (Å²) in [6.45, 7) is 9.57. The van der Waals surface area contributed by atoms with E-state index in [0.29, 0.717) is 0 Å². The normalized spacial score (nSPS) is 26.4. The highest BCUT2D eigenvalue weighted by molar-refractivity contribution is 4.82. The summed E-state index contributed by atoms with van der Waals surface area (Å²) >= 11 is 0. The van der Waals surface area contributed by atoms with Gasteiger partial charge >= 0.3 is 0 Å². The molecule has 16 heavy (non-hydrogen) atoms. The van der Waals surface area contributed by atoms with Crippen molar-refractivity contribution >= 4 is 0 Å². The molecule has 1 saturated heterocycles. The van der Waals surface area contributed by atoms with Crippen LogP contribution in [0.1, 0.15) is 32.6 Å². The topological polar surface area (TPSA) is 27.3 Å². The molecule has 0 aromatic carbocycles. The number of likely N-dealkylation sites (tertiary alicyclic amines) is 1. The second-order valence-corrected chi connectivity index (χ2v) is 5.33. The summed E-state index contributed by atoms with van der Waals surface area (Å²) in [7, 11) is 0. The van der Waals surface area contributed by atoms with Gasteiger partial charge in [-0.2, -0.15) is 0 Å². The molecular formula is C13H27N3. The van der Waals surface area contributed by atoms with Crippen LogP contribution in [0.3, 0.4) is 0 Å². The van der Waals surface area contributed by atoms with E-state index in [1.165, 1.54) is 51.9 Å². The Bertz CT molecular complexity index is 192. The first kappa shape index (κ1) is 12.3. The van der Waals surface area contributed by atoms with Crippen LogP contribution in [0.4, 0.5) is 0 Å². The van der Waals surface area contributed by atoms with Crippen molar-refractivity contribution in [1.29, 1.82) is 0 Å². The molecule has 1 aliphatic heterocycles. The van der Waals surface area contributed by atoms with Gasteiger partial charge in [-0.05, 0) is 51.2 Å². The molecule has 2 rings (SSSR count). The summed E-state index contributed by atoms with van der Waals surface area (Å²) < 4.78 is 0. The van der Waals surface area contributed by atoms with E-state index in [-0.39, 0.29) is 0 Å². The molecule has 3 heteroatoms. The van der Waals surface area contributed by atoms with E-state index in [2.05, 4.69) is 22.5 Å². The summed E-state index contributed by atoms with van der Waals surface area (Å²) in [5.41, 5.74) is 0. The van der Waals surface area contributed by atoms with Gasteiger partial charge in [-0.3, -0.25) is 0 Å². The molecule has 1 saturated carbocycles. The Labute approximate surface area is 100.0 Å². The fourth-order valence-electron chi connectivity index (χ4n) is 2.54. The molecule has 2 aliphatic rings. The molecule has 0 bridgehead atoms. The summed E-state index contributed by atoms with van der Waals surface area (Å²) in [5.74, 6) is 0.952. The van der Waals surface area contributed by atoms with E-state index in [1.807, 2.05) is 0 Å². The monoisotopic (exact) mass is 225 g/mol. The third-order valence-corrected chi connectivity index (χ3v) is 3.79. The van der Waals surface area contributed by atoms with E-state index in [0.717, 1.165) is 25.0 Å². The Hall–Kier alpha value is -0.120. The third kappa shape index (κ3) is 4.40. The molecule has 1 heterocycles. The Morgan fingerprint density at radius 2 is 2.06 bits per heavy atom. The average molecular weight is 225 g/mol. The molecule has 0 aromatic rings. The predicted octanol–water partition coefficient (Wildman–Crippen LogP) is 1.06. The van der Waals surface area contributed by atoms with Gasteiger partial charge in [-0.1, -0.05) is 6.92 Å². The molecular weight excluding hydrogens is 198 g/mol. The van der Waals surface area contributed by atoms with E-state index in [9.17, 15) is 0 Å². The molecule has 1 aliphatic carbocycles. The second-order valence-electron chi connectivity index (χ2n) is 5.33. The fraction of sp³-hybridized carbons (Fsp3) is 1.00. The van der Waals surface area contributed by atoms with Crippen LogP contribution in [0.2, 0.25) is 0 Å². The van der Waals surface area contributed by atoms with Gasteiger partial charge in [-0.25, -0.2) is 0 Å². The number of nitrogens with zero attached hydrogens (tertiary/aromatic N) is 1. The van der Waals surface area contributed by atoms with Gasteiger partial charge in [-0.15, -0.1) is 0 Å². The van der Waals surface area contributed by atoms with E-state index < -0.39 is 0 Å². The molecule has 0 aromatic heterocycles. The summed E-state index contributed by atoms with van der Waals surface area (Å²) in [6.07, 6.45) is 5.63. The maximum absolute atomic E-state index is 3.62. The summed E-state index contributed by atoms with van der Waals surface area (Å²) in [4.78, 5) is 2.62. The quantitative estimate of drug-likeness (QED) is 0.605. The van der Waals surface area contributed by atoms with Crippen LogP contribution >= 0.6 is 0 Å². The molecule has 94 valence electrons. The van der Waals surface area contributed by atoms with Crippen LogP contribution < -0.4 is 10.6 Å². The Morgan fingerprint density at radius 3 is 2.81 bits per heavy atom. The van der Waals surface area contributed by atoms with E-state index in [4.69, 9.17) is 0 Å². The van der Waals surface area contributed by atoms with Gasteiger partial charge < -0.3 is 15.5 Å². The van der Waals surface area contributed by atoms with Crippen molar-refractivity contribution in [3.63, 3.8) is 0 Å². The van der Waals surface area contributed by atoms with Crippen molar-refractivity contribution in [3.8, 4) is 0 Å². The highest BCUT2D eigenvalue weighted by Gasteiger charge is 2.23. The van der Waals surface area contributed by atoms with Crippen molar-refractivity contribution < 1.29 is 0 Å². The average Bonchev–Trinajstić information content (AvgIpc) is 2.99. The van der Waals surface area contributed by atoms with Crippen LogP contribution in [-0.4, -0.2) is 50.2 Å². The fourth-order valence-corrected chi connectivity index (χ4v) is 2.54. The zero-order chi connectivity index (χ0) is 11.2. The molecule has 0 amide bonds. The first-order valence-corrected chi connectivity index (χ1v) is 7.05. The Kier molecular flexibility index (Phi) is 5.07. The molecule has 0 spiro atoms. The van der Waals surface area contributed by atoms with E-state index >= 15 is 0 Å². The maximum atomic E-state index is 3.62. The number of hydrogen-bond acceptors (Lipinski definition) is 3. The number of likely N-dealkylation sites (N-methyl/N-ethyl adjacent to an activating group) is 1. The van der Waals surface area contributed by atoms with E-state index in [1.54, 1.807) is 0 Å². The lowest BCUT2D eigenvalue weighted by Crippen LogP contribution is -2.30. The third-order valence-electron chi connectivity index (χ3n) is 3.79. The molecule has 1 atom stereocenters. The lowest BCUT2D eigenvalue weighted by molar-refractivity contribution is 0.319. The smallest absolute Gasteiger partial charge is 0.0107 e. The van der Waals surface area contributed by atoms with Crippen molar-refractivity contribution in [1.82, 2.24) is 15.5 Å². The molecule has 0 radical (unpaired) electrons. The highest BCUT2D eigenvalue weighted by atomic mass is 15.2. The van der Waals surface area contributed by atoms with Crippen molar-refractivity contribution in [3.05, 3.63) is 0 Å². The van der Waals surface area contributed by atoms with Gasteiger partial charge in [0, 0.05) is 25.7 Å². The zero-order valence-corrected chi connectivity index (χ0v) is 10.7. The minimum atomic E-state index is 0.881.